The average Bonchev–Trinajstić information content (AvgIpc) is 2.38. The van der Waals surface area contributed by atoms with E-state index in [4.69, 9.17) is 0 Å². The van der Waals surface area contributed by atoms with Gasteiger partial charge in [0.2, 0.25) is 10.0 Å². The summed E-state index contributed by atoms with van der Waals surface area (Å²) in [5.74, 6) is -0.336. The van der Waals surface area contributed by atoms with Gasteiger partial charge in [0.05, 0.1) is 10.7 Å². The van der Waals surface area contributed by atoms with E-state index >= 15 is 0 Å². The van der Waals surface area contributed by atoms with Gasteiger partial charge in [0.1, 0.15) is 0 Å². The number of sulfonamides is 1. The van der Waals surface area contributed by atoms with Gasteiger partial charge >= 0.3 is 0 Å². The lowest BCUT2D eigenvalue weighted by molar-refractivity contribution is -0.385. The summed E-state index contributed by atoms with van der Waals surface area (Å²) in [6.45, 7) is 3.29. The first kappa shape index (κ1) is 14.9. The number of piperazine rings is 1. The smallest absolute Gasteiger partial charge is 0.273 e. The molecule has 0 saturated carbocycles. The van der Waals surface area contributed by atoms with Gasteiger partial charge in [0.25, 0.3) is 5.69 Å². The number of rotatable bonds is 4. The molecule has 0 aromatic heterocycles. The molecule has 20 heavy (non-hydrogen) atoms. The van der Waals surface area contributed by atoms with Crippen molar-refractivity contribution in [3.8, 4) is 0 Å². The highest BCUT2D eigenvalue weighted by Gasteiger charge is 2.29. The van der Waals surface area contributed by atoms with Crippen LogP contribution in [0.4, 0.5) is 5.69 Å². The molecule has 1 unspecified atom stereocenters. The second kappa shape index (κ2) is 5.86. The number of nitrogens with zero attached hydrogens (tertiary/aromatic N) is 2. The zero-order chi connectivity index (χ0) is 14.8. The molecule has 1 saturated heterocycles. The van der Waals surface area contributed by atoms with Gasteiger partial charge < -0.3 is 5.32 Å². The topological polar surface area (TPSA) is 92.5 Å². The standard InChI is InChI=1S/C12H17N3O4S/c1-10-8-14(7-6-13-10)20(18,19)9-11-4-2-3-5-12(11)15(16)17/h2-5,10,13H,6-9H2,1H3. The van der Waals surface area contributed by atoms with Gasteiger partial charge in [-0.1, -0.05) is 18.2 Å². The van der Waals surface area contributed by atoms with Crippen molar-refractivity contribution in [2.75, 3.05) is 19.6 Å². The Morgan fingerprint density at radius 2 is 2.15 bits per heavy atom. The van der Waals surface area contributed by atoms with Crippen LogP contribution in [-0.4, -0.2) is 43.3 Å². The summed E-state index contributed by atoms with van der Waals surface area (Å²) in [5, 5.41) is 14.1. The minimum Gasteiger partial charge on any atom is -0.312 e. The maximum atomic E-state index is 12.4. The van der Waals surface area contributed by atoms with E-state index in [0.29, 0.717) is 19.6 Å². The Hall–Kier alpha value is -1.51. The number of nitro benzene ring substituents is 1. The number of nitro groups is 1. The van der Waals surface area contributed by atoms with Crippen molar-refractivity contribution < 1.29 is 13.3 Å². The minimum absolute atomic E-state index is 0.0873. The van der Waals surface area contributed by atoms with Crippen LogP contribution in [0.3, 0.4) is 0 Å². The van der Waals surface area contributed by atoms with Crippen molar-refractivity contribution in [3.63, 3.8) is 0 Å². The molecule has 1 aliphatic heterocycles. The molecule has 0 aliphatic carbocycles. The Kier molecular flexibility index (Phi) is 4.36. The summed E-state index contributed by atoms with van der Waals surface area (Å²) >= 11 is 0. The second-order valence-corrected chi connectivity index (χ2v) is 6.82. The molecule has 1 N–H and O–H groups in total. The van der Waals surface area contributed by atoms with Gasteiger partial charge in [-0.3, -0.25) is 10.1 Å². The predicted molar refractivity (Wildman–Crippen MR) is 74.8 cm³/mol. The van der Waals surface area contributed by atoms with Gasteiger partial charge in [-0.25, -0.2) is 8.42 Å². The lowest BCUT2D eigenvalue weighted by atomic mass is 10.2. The van der Waals surface area contributed by atoms with Crippen LogP contribution in [0.25, 0.3) is 0 Å². The van der Waals surface area contributed by atoms with Crippen LogP contribution in [0, 0.1) is 10.1 Å². The van der Waals surface area contributed by atoms with Crippen LogP contribution in [0.1, 0.15) is 12.5 Å². The lowest BCUT2D eigenvalue weighted by Gasteiger charge is -2.30. The first-order valence-corrected chi connectivity index (χ1v) is 7.94. The molecule has 1 aromatic carbocycles. The molecule has 1 fully saturated rings. The van der Waals surface area contributed by atoms with Crippen LogP contribution in [0.2, 0.25) is 0 Å². The van der Waals surface area contributed by atoms with Crippen molar-refractivity contribution >= 4 is 15.7 Å². The van der Waals surface area contributed by atoms with Crippen LogP contribution >= 0.6 is 0 Å². The summed E-state index contributed by atoms with van der Waals surface area (Å²) in [6.07, 6.45) is 0. The maximum absolute atomic E-state index is 12.4. The van der Waals surface area contributed by atoms with E-state index in [1.165, 1.54) is 22.5 Å². The molecule has 8 heteroatoms. The Morgan fingerprint density at radius 1 is 1.45 bits per heavy atom. The number of hydrogen-bond donors (Lipinski definition) is 1. The summed E-state index contributed by atoms with van der Waals surface area (Å²) in [7, 11) is -3.54. The molecule has 2 rings (SSSR count). The highest BCUT2D eigenvalue weighted by atomic mass is 32.2. The fourth-order valence-corrected chi connectivity index (χ4v) is 3.89. The first-order valence-electron chi connectivity index (χ1n) is 6.33. The molecule has 7 nitrogen and oxygen atoms in total. The summed E-state index contributed by atoms with van der Waals surface area (Å²) in [6, 6.07) is 6.04. The third-order valence-electron chi connectivity index (χ3n) is 3.25. The molecule has 1 heterocycles. The van der Waals surface area contributed by atoms with Crippen molar-refractivity contribution in [3.05, 3.63) is 39.9 Å². The molecule has 1 atom stereocenters. The molecule has 0 spiro atoms. The van der Waals surface area contributed by atoms with Gasteiger partial charge in [-0.15, -0.1) is 0 Å². The Bertz CT molecular complexity index is 602. The zero-order valence-corrected chi connectivity index (χ0v) is 12.0. The normalized spacial score (nSPS) is 20.8. The Labute approximate surface area is 117 Å². The average molecular weight is 299 g/mol. The van der Waals surface area contributed by atoms with E-state index in [1.54, 1.807) is 6.07 Å². The monoisotopic (exact) mass is 299 g/mol. The van der Waals surface area contributed by atoms with Crippen molar-refractivity contribution in [2.24, 2.45) is 0 Å². The maximum Gasteiger partial charge on any atom is 0.273 e. The molecular weight excluding hydrogens is 282 g/mol. The van der Waals surface area contributed by atoms with Crippen molar-refractivity contribution in [1.29, 1.82) is 0 Å². The van der Waals surface area contributed by atoms with Gasteiger partial charge in [0, 0.05) is 37.3 Å². The van der Waals surface area contributed by atoms with Gasteiger partial charge in [-0.2, -0.15) is 4.31 Å². The summed E-state index contributed by atoms with van der Waals surface area (Å²) in [4.78, 5) is 10.4. The number of benzene rings is 1. The molecule has 1 aromatic rings. The number of hydrogen-bond acceptors (Lipinski definition) is 5. The summed E-state index contributed by atoms with van der Waals surface area (Å²) < 4.78 is 26.1. The lowest BCUT2D eigenvalue weighted by Crippen LogP contribution is -2.51. The molecular formula is C12H17N3O4S. The fraction of sp³-hybridized carbons (Fsp3) is 0.500. The molecule has 1 aliphatic rings. The predicted octanol–water partition coefficient (Wildman–Crippen LogP) is 0.718. The minimum atomic E-state index is -3.54. The van der Waals surface area contributed by atoms with Crippen molar-refractivity contribution in [2.45, 2.75) is 18.7 Å². The highest BCUT2D eigenvalue weighted by molar-refractivity contribution is 7.88. The Balaban J connectivity index is 2.22. The molecule has 110 valence electrons. The van der Waals surface area contributed by atoms with Crippen LogP contribution in [0.5, 0.6) is 0 Å². The third-order valence-corrected chi connectivity index (χ3v) is 5.05. The van der Waals surface area contributed by atoms with Gasteiger partial charge in [-0.05, 0) is 6.92 Å². The van der Waals surface area contributed by atoms with E-state index in [1.807, 2.05) is 6.92 Å². The van der Waals surface area contributed by atoms with E-state index in [-0.39, 0.29) is 23.0 Å². The molecule has 0 radical (unpaired) electrons. The summed E-state index contributed by atoms with van der Waals surface area (Å²) in [5.41, 5.74) is 0.0722. The number of nitrogens with one attached hydrogen (secondary N) is 1. The quantitative estimate of drug-likeness (QED) is 0.653. The van der Waals surface area contributed by atoms with E-state index in [9.17, 15) is 18.5 Å². The number of para-hydroxylation sites is 1. The van der Waals surface area contributed by atoms with E-state index < -0.39 is 14.9 Å². The highest BCUT2D eigenvalue weighted by Crippen LogP contribution is 2.22. The van der Waals surface area contributed by atoms with E-state index in [2.05, 4.69) is 5.32 Å². The SMILES string of the molecule is CC1CN(S(=O)(=O)Cc2ccccc2[N+](=O)[O-])CCN1. The van der Waals surface area contributed by atoms with Crippen LogP contribution in [0.15, 0.2) is 24.3 Å². The first-order chi connectivity index (χ1) is 9.40. The van der Waals surface area contributed by atoms with Crippen LogP contribution < -0.4 is 5.32 Å². The van der Waals surface area contributed by atoms with Gasteiger partial charge in [0.15, 0.2) is 0 Å². The zero-order valence-electron chi connectivity index (χ0n) is 11.2. The molecule has 0 bridgehead atoms. The van der Waals surface area contributed by atoms with E-state index in [0.717, 1.165) is 0 Å². The second-order valence-electron chi connectivity index (χ2n) is 4.86. The van der Waals surface area contributed by atoms with Crippen LogP contribution in [-0.2, 0) is 15.8 Å². The Morgan fingerprint density at radius 3 is 2.80 bits per heavy atom. The third kappa shape index (κ3) is 3.33. The fourth-order valence-electron chi connectivity index (χ4n) is 2.25. The van der Waals surface area contributed by atoms with Crippen molar-refractivity contribution in [1.82, 2.24) is 9.62 Å². The largest absolute Gasteiger partial charge is 0.312 e. The molecule has 0 amide bonds.